The summed E-state index contributed by atoms with van der Waals surface area (Å²) >= 11 is 6.06. The summed E-state index contributed by atoms with van der Waals surface area (Å²) in [5, 5.41) is 8.38. The minimum Gasteiger partial charge on any atom is -0.497 e. The van der Waals surface area contributed by atoms with Gasteiger partial charge in [-0.25, -0.2) is 4.39 Å². The number of aromatic nitrogens is 4. The minimum absolute atomic E-state index is 0.343. The highest BCUT2D eigenvalue weighted by Crippen LogP contribution is 2.29. The molecule has 0 radical (unpaired) electrons. The van der Waals surface area contributed by atoms with Crippen LogP contribution in [0, 0.1) is 5.82 Å². The third kappa shape index (κ3) is 4.36. The van der Waals surface area contributed by atoms with Gasteiger partial charge in [0.1, 0.15) is 22.6 Å². The van der Waals surface area contributed by atoms with Crippen LogP contribution in [0.15, 0.2) is 79.3 Å². The lowest BCUT2D eigenvalue weighted by Crippen LogP contribution is -2.04. The van der Waals surface area contributed by atoms with E-state index in [-0.39, 0.29) is 5.82 Å². The standard InChI is InChI=1S/C25H19ClFN5O/c1-33-19-5-2-16(3-6-19)15-32-25-22(9-11-29-24(25)14-30-32)31-18-8-10-28-23(13-18)20-12-17(26)4-7-21(20)27/h2-14H,15H2,1H3,(H,28,29,31). The summed E-state index contributed by atoms with van der Waals surface area (Å²) < 4.78 is 21.5. The molecule has 3 heterocycles. The predicted octanol–water partition coefficient (Wildman–Crippen LogP) is 6.09. The van der Waals surface area contributed by atoms with Crippen molar-refractivity contribution in [2.45, 2.75) is 6.54 Å². The number of nitrogens with zero attached hydrogens (tertiary/aromatic N) is 4. The Balaban J connectivity index is 1.48. The summed E-state index contributed by atoms with van der Waals surface area (Å²) in [5.41, 5.74) is 5.12. The van der Waals surface area contributed by atoms with Crippen molar-refractivity contribution in [3.63, 3.8) is 0 Å². The molecule has 0 aliphatic carbocycles. The van der Waals surface area contributed by atoms with E-state index in [4.69, 9.17) is 16.3 Å². The highest BCUT2D eigenvalue weighted by molar-refractivity contribution is 6.30. The van der Waals surface area contributed by atoms with Crippen molar-refractivity contribution >= 4 is 34.0 Å². The van der Waals surface area contributed by atoms with Gasteiger partial charge in [-0.05, 0) is 54.1 Å². The van der Waals surface area contributed by atoms with Gasteiger partial charge in [0, 0.05) is 28.7 Å². The molecule has 0 spiro atoms. The van der Waals surface area contributed by atoms with Crippen LogP contribution >= 0.6 is 11.6 Å². The number of benzene rings is 2. The Morgan fingerprint density at radius 1 is 1.00 bits per heavy atom. The number of halogens is 2. The van der Waals surface area contributed by atoms with Crippen molar-refractivity contribution in [1.82, 2.24) is 19.7 Å². The second-order valence-electron chi connectivity index (χ2n) is 7.42. The zero-order chi connectivity index (χ0) is 22.8. The highest BCUT2D eigenvalue weighted by Gasteiger charge is 2.12. The van der Waals surface area contributed by atoms with E-state index >= 15 is 0 Å². The van der Waals surface area contributed by atoms with E-state index in [9.17, 15) is 4.39 Å². The van der Waals surface area contributed by atoms with E-state index in [2.05, 4.69) is 20.4 Å². The third-order valence-electron chi connectivity index (χ3n) is 5.26. The molecule has 0 saturated carbocycles. The maximum absolute atomic E-state index is 14.3. The van der Waals surface area contributed by atoms with Crippen LogP contribution in [0.3, 0.4) is 0 Å². The molecule has 0 aliphatic heterocycles. The summed E-state index contributed by atoms with van der Waals surface area (Å²) in [4.78, 5) is 8.75. The first-order valence-corrected chi connectivity index (χ1v) is 10.6. The van der Waals surface area contributed by atoms with Crippen LogP contribution in [0.1, 0.15) is 5.56 Å². The van der Waals surface area contributed by atoms with Gasteiger partial charge in [-0.15, -0.1) is 0 Å². The molecule has 164 valence electrons. The number of fused-ring (bicyclic) bond motifs is 1. The molecule has 5 rings (SSSR count). The second kappa shape index (κ2) is 8.88. The van der Waals surface area contributed by atoms with Crippen molar-refractivity contribution in [2.75, 3.05) is 12.4 Å². The van der Waals surface area contributed by atoms with Crippen molar-refractivity contribution in [3.05, 3.63) is 95.7 Å². The fourth-order valence-corrected chi connectivity index (χ4v) is 3.82. The van der Waals surface area contributed by atoms with Crippen LogP contribution in [-0.2, 0) is 6.54 Å². The summed E-state index contributed by atoms with van der Waals surface area (Å²) in [6.45, 7) is 0.573. The van der Waals surface area contributed by atoms with Crippen molar-refractivity contribution in [3.8, 4) is 17.0 Å². The molecular weight excluding hydrogens is 441 g/mol. The number of hydrogen-bond donors (Lipinski definition) is 1. The number of methoxy groups -OCH3 is 1. The molecule has 2 aromatic carbocycles. The monoisotopic (exact) mass is 459 g/mol. The van der Waals surface area contributed by atoms with Gasteiger partial charge in [0.25, 0.3) is 0 Å². The van der Waals surface area contributed by atoms with Crippen LogP contribution < -0.4 is 10.1 Å². The molecule has 1 N–H and O–H groups in total. The predicted molar refractivity (Wildman–Crippen MR) is 128 cm³/mol. The number of pyridine rings is 2. The smallest absolute Gasteiger partial charge is 0.132 e. The Kier molecular flexibility index (Phi) is 5.62. The Labute approximate surface area is 194 Å². The Morgan fingerprint density at radius 2 is 1.82 bits per heavy atom. The normalized spacial score (nSPS) is 11.0. The summed E-state index contributed by atoms with van der Waals surface area (Å²) in [6.07, 6.45) is 5.09. The zero-order valence-corrected chi connectivity index (χ0v) is 18.4. The van der Waals surface area contributed by atoms with Crippen molar-refractivity contribution in [1.29, 1.82) is 0 Å². The molecule has 0 atom stereocenters. The maximum atomic E-state index is 14.3. The molecule has 0 aliphatic rings. The van der Waals surface area contributed by atoms with Crippen LogP contribution in [0.4, 0.5) is 15.8 Å². The van der Waals surface area contributed by atoms with E-state index in [0.29, 0.717) is 22.8 Å². The molecule has 3 aromatic heterocycles. The van der Waals surface area contributed by atoms with Gasteiger partial charge < -0.3 is 10.1 Å². The van der Waals surface area contributed by atoms with E-state index in [0.717, 1.165) is 33.7 Å². The molecule has 0 bridgehead atoms. The Bertz CT molecular complexity index is 1430. The Hall–Kier alpha value is -3.97. The molecular formula is C25H19ClFN5O. The molecule has 5 aromatic rings. The van der Waals surface area contributed by atoms with Gasteiger partial charge in [0.05, 0.1) is 31.2 Å². The molecule has 0 saturated heterocycles. The average molecular weight is 460 g/mol. The number of hydrogen-bond acceptors (Lipinski definition) is 5. The minimum atomic E-state index is -0.382. The largest absolute Gasteiger partial charge is 0.497 e. The summed E-state index contributed by atoms with van der Waals surface area (Å²) in [7, 11) is 1.64. The first-order valence-electron chi connectivity index (χ1n) is 10.2. The first kappa shape index (κ1) is 20.9. The lowest BCUT2D eigenvalue weighted by atomic mass is 10.1. The average Bonchev–Trinajstić information content (AvgIpc) is 3.25. The van der Waals surface area contributed by atoms with E-state index in [1.54, 1.807) is 37.8 Å². The van der Waals surface area contributed by atoms with Gasteiger partial charge in [-0.3, -0.25) is 14.6 Å². The molecule has 0 amide bonds. The van der Waals surface area contributed by atoms with Crippen molar-refractivity contribution in [2.24, 2.45) is 0 Å². The second-order valence-corrected chi connectivity index (χ2v) is 7.86. The quantitative estimate of drug-likeness (QED) is 0.333. The fourth-order valence-electron chi connectivity index (χ4n) is 3.65. The number of rotatable bonds is 6. The van der Waals surface area contributed by atoms with Gasteiger partial charge in [-0.1, -0.05) is 23.7 Å². The topological polar surface area (TPSA) is 64.9 Å². The van der Waals surface area contributed by atoms with E-state index in [1.165, 1.54) is 12.1 Å². The van der Waals surface area contributed by atoms with Crippen molar-refractivity contribution < 1.29 is 9.13 Å². The van der Waals surface area contributed by atoms with Gasteiger partial charge >= 0.3 is 0 Å². The maximum Gasteiger partial charge on any atom is 0.132 e. The van der Waals surface area contributed by atoms with Crippen LogP contribution in [0.25, 0.3) is 22.3 Å². The van der Waals surface area contributed by atoms with Gasteiger partial charge in [0.15, 0.2) is 0 Å². The third-order valence-corrected chi connectivity index (χ3v) is 5.50. The molecule has 8 heteroatoms. The number of ether oxygens (including phenoxy) is 1. The summed E-state index contributed by atoms with van der Waals surface area (Å²) in [5.74, 6) is 0.422. The molecule has 0 unspecified atom stereocenters. The van der Waals surface area contributed by atoms with E-state index in [1.807, 2.05) is 41.1 Å². The summed E-state index contributed by atoms with van der Waals surface area (Å²) in [6, 6.07) is 17.8. The lowest BCUT2D eigenvalue weighted by Gasteiger charge is -2.12. The van der Waals surface area contributed by atoms with E-state index < -0.39 is 0 Å². The molecule has 6 nitrogen and oxygen atoms in total. The zero-order valence-electron chi connectivity index (χ0n) is 17.7. The fraction of sp³-hybridized carbons (Fsp3) is 0.0800. The number of anilines is 2. The lowest BCUT2D eigenvalue weighted by molar-refractivity contribution is 0.414. The highest BCUT2D eigenvalue weighted by atomic mass is 35.5. The van der Waals surface area contributed by atoms with Crippen LogP contribution in [-0.4, -0.2) is 26.9 Å². The van der Waals surface area contributed by atoms with Crippen LogP contribution in [0.2, 0.25) is 5.02 Å². The first-order chi connectivity index (χ1) is 16.1. The SMILES string of the molecule is COc1ccc(Cn2ncc3nccc(Nc4ccnc(-c5cc(Cl)ccc5F)c4)c32)cc1. The molecule has 0 fully saturated rings. The Morgan fingerprint density at radius 3 is 2.64 bits per heavy atom. The van der Waals surface area contributed by atoms with Crippen LogP contribution in [0.5, 0.6) is 5.75 Å². The van der Waals surface area contributed by atoms with Gasteiger partial charge in [-0.2, -0.15) is 5.10 Å². The number of nitrogens with one attached hydrogen (secondary N) is 1. The molecule has 33 heavy (non-hydrogen) atoms. The van der Waals surface area contributed by atoms with Gasteiger partial charge in [0.2, 0.25) is 0 Å².